The zero-order chi connectivity index (χ0) is 20.5. The summed E-state index contributed by atoms with van der Waals surface area (Å²) in [4.78, 5) is 27.4. The largest absolute Gasteiger partial charge is 0.466 e. The Morgan fingerprint density at radius 1 is 1.50 bits per heavy atom. The van der Waals surface area contributed by atoms with Crippen molar-refractivity contribution in [3.8, 4) is 6.07 Å². The van der Waals surface area contributed by atoms with Crippen LogP contribution in [0, 0.1) is 24.2 Å². The minimum Gasteiger partial charge on any atom is -0.466 e. The summed E-state index contributed by atoms with van der Waals surface area (Å²) in [6.07, 6.45) is 2.34. The van der Waals surface area contributed by atoms with E-state index in [0.29, 0.717) is 30.8 Å². The number of carbonyl (C=O) groups excluding carboxylic acids is 2. The number of aromatic amines is 1. The number of aryl methyl sites for hydroxylation is 1. The van der Waals surface area contributed by atoms with E-state index in [1.807, 2.05) is 6.92 Å². The van der Waals surface area contributed by atoms with Crippen LogP contribution < -0.4 is 0 Å². The monoisotopic (exact) mass is 382 g/mol. The molecule has 1 aliphatic heterocycles. The van der Waals surface area contributed by atoms with Crippen molar-refractivity contribution in [2.45, 2.75) is 52.6 Å². The summed E-state index contributed by atoms with van der Waals surface area (Å²) in [5.41, 5.74) is 3.52. The van der Waals surface area contributed by atoms with Gasteiger partial charge < -0.3 is 14.5 Å². The molecule has 1 aromatic heterocycles. The molecule has 28 heavy (non-hydrogen) atoms. The van der Waals surface area contributed by atoms with Gasteiger partial charge in [0.2, 0.25) is 0 Å². The lowest BCUT2D eigenvalue weighted by atomic mass is 9.77. The molecule has 0 spiro atoms. The van der Waals surface area contributed by atoms with Crippen LogP contribution in [-0.2, 0) is 26.3 Å². The number of fused-ring (bicyclic) bond motifs is 3. The van der Waals surface area contributed by atoms with E-state index in [9.17, 15) is 14.9 Å². The first-order chi connectivity index (χ1) is 13.4. The molecule has 1 aliphatic rings. The summed E-state index contributed by atoms with van der Waals surface area (Å²) < 4.78 is 11.5. The second-order valence-electron chi connectivity index (χ2n) is 7.38. The fourth-order valence-corrected chi connectivity index (χ4v) is 4.29. The minimum atomic E-state index is -0.839. The maximum Gasteiger partial charge on any atom is 0.309 e. The standard InChI is InChI=1S/C22H26N2O4/c1-5-13(3)22(10-18(26)27-6-2)21-17(7-8-28-22)19-15(11-23)9-16(12-25)14(4)20(19)24-21/h9,12-13,24H,5-8,10H2,1-4H3/t13?,22-/m1/s1. The normalized spacial score (nSPS) is 19.7. The Hall–Kier alpha value is -2.65. The van der Waals surface area contributed by atoms with Crippen LogP contribution >= 0.6 is 0 Å². The first-order valence-electron chi connectivity index (χ1n) is 9.76. The van der Waals surface area contributed by atoms with E-state index in [-0.39, 0.29) is 18.3 Å². The fourth-order valence-electron chi connectivity index (χ4n) is 4.29. The first-order valence-corrected chi connectivity index (χ1v) is 9.76. The van der Waals surface area contributed by atoms with Gasteiger partial charge in [0.1, 0.15) is 11.9 Å². The molecule has 2 atom stereocenters. The molecule has 0 radical (unpaired) electrons. The van der Waals surface area contributed by atoms with E-state index in [2.05, 4.69) is 24.9 Å². The number of carbonyl (C=O) groups is 2. The number of aromatic nitrogens is 1. The SMILES string of the molecule is CCOC(=O)C[C@]1(C(C)CC)OCCc2c1[nH]c1c(C)c(C=O)cc(C#N)c21. The number of nitrogens with zero attached hydrogens (tertiary/aromatic N) is 1. The van der Waals surface area contributed by atoms with E-state index in [1.54, 1.807) is 13.0 Å². The van der Waals surface area contributed by atoms with Crippen LogP contribution in [0.15, 0.2) is 6.07 Å². The van der Waals surface area contributed by atoms with E-state index >= 15 is 0 Å². The van der Waals surface area contributed by atoms with E-state index in [0.717, 1.165) is 40.4 Å². The molecule has 6 heteroatoms. The van der Waals surface area contributed by atoms with Crippen LogP contribution in [0.4, 0.5) is 0 Å². The van der Waals surface area contributed by atoms with Crippen LogP contribution in [-0.4, -0.2) is 30.5 Å². The quantitative estimate of drug-likeness (QED) is 0.604. The second kappa shape index (κ2) is 7.76. The molecule has 2 heterocycles. The topological polar surface area (TPSA) is 92.2 Å². The summed E-state index contributed by atoms with van der Waals surface area (Å²) in [5.74, 6) is -0.250. The Labute approximate surface area is 164 Å². The summed E-state index contributed by atoms with van der Waals surface area (Å²) in [5, 5.41) is 10.5. The molecule has 0 saturated carbocycles. The van der Waals surface area contributed by atoms with Crippen LogP contribution in [0.2, 0.25) is 0 Å². The number of nitrogens with one attached hydrogen (secondary N) is 1. The Balaban J connectivity index is 2.31. The maximum atomic E-state index is 12.4. The molecular formula is C22H26N2O4. The molecule has 0 fully saturated rings. The van der Waals surface area contributed by atoms with E-state index in [4.69, 9.17) is 9.47 Å². The number of hydrogen-bond donors (Lipinski definition) is 1. The number of H-pyrrole nitrogens is 1. The summed E-state index contributed by atoms with van der Waals surface area (Å²) in [6, 6.07) is 3.87. The van der Waals surface area contributed by atoms with Gasteiger partial charge in [-0.25, -0.2) is 0 Å². The Morgan fingerprint density at radius 3 is 2.86 bits per heavy atom. The third-order valence-corrected chi connectivity index (χ3v) is 5.98. The van der Waals surface area contributed by atoms with Gasteiger partial charge in [-0.2, -0.15) is 5.26 Å². The first kappa shape index (κ1) is 20.1. The van der Waals surface area contributed by atoms with Crippen molar-refractivity contribution in [3.05, 3.63) is 34.0 Å². The second-order valence-corrected chi connectivity index (χ2v) is 7.38. The van der Waals surface area contributed by atoms with Crippen molar-refractivity contribution in [2.75, 3.05) is 13.2 Å². The number of esters is 1. The van der Waals surface area contributed by atoms with Gasteiger partial charge in [-0.3, -0.25) is 9.59 Å². The number of nitriles is 1. The molecule has 1 unspecified atom stereocenters. The van der Waals surface area contributed by atoms with Gasteiger partial charge >= 0.3 is 5.97 Å². The molecule has 2 aromatic rings. The number of ether oxygens (including phenoxy) is 2. The predicted octanol–water partition coefficient (Wildman–Crippen LogP) is 3.93. The van der Waals surface area contributed by atoms with Crippen LogP contribution in [0.1, 0.15) is 66.4 Å². The lowest BCUT2D eigenvalue weighted by Crippen LogP contribution is -2.43. The lowest BCUT2D eigenvalue weighted by Gasteiger charge is -2.41. The Kier molecular flexibility index (Phi) is 5.57. The van der Waals surface area contributed by atoms with Crippen molar-refractivity contribution < 1.29 is 19.1 Å². The molecule has 0 aliphatic carbocycles. The summed E-state index contributed by atoms with van der Waals surface area (Å²) in [7, 11) is 0. The highest BCUT2D eigenvalue weighted by Crippen LogP contribution is 2.46. The van der Waals surface area contributed by atoms with Gasteiger partial charge in [-0.05, 0) is 43.4 Å². The smallest absolute Gasteiger partial charge is 0.309 e. The third kappa shape index (κ3) is 3.00. The molecule has 6 nitrogen and oxygen atoms in total. The molecular weight excluding hydrogens is 356 g/mol. The maximum absolute atomic E-state index is 12.4. The van der Waals surface area contributed by atoms with Gasteiger partial charge in [0, 0.05) is 10.9 Å². The number of aldehydes is 1. The average Bonchev–Trinajstić information content (AvgIpc) is 3.09. The highest BCUT2D eigenvalue weighted by atomic mass is 16.5. The van der Waals surface area contributed by atoms with Crippen molar-refractivity contribution in [1.82, 2.24) is 4.98 Å². The van der Waals surface area contributed by atoms with Crippen molar-refractivity contribution in [2.24, 2.45) is 5.92 Å². The summed E-state index contributed by atoms with van der Waals surface area (Å²) >= 11 is 0. The van der Waals surface area contributed by atoms with Crippen LogP contribution in [0.5, 0.6) is 0 Å². The van der Waals surface area contributed by atoms with Crippen molar-refractivity contribution in [3.63, 3.8) is 0 Å². The number of rotatable bonds is 6. The van der Waals surface area contributed by atoms with Crippen molar-refractivity contribution in [1.29, 1.82) is 5.26 Å². The predicted molar refractivity (Wildman–Crippen MR) is 105 cm³/mol. The zero-order valence-corrected chi connectivity index (χ0v) is 16.8. The molecule has 3 rings (SSSR count). The molecule has 0 amide bonds. The van der Waals surface area contributed by atoms with Gasteiger partial charge in [0.25, 0.3) is 0 Å². The van der Waals surface area contributed by atoms with Gasteiger partial charge in [-0.1, -0.05) is 20.3 Å². The van der Waals surface area contributed by atoms with Gasteiger partial charge in [0.05, 0.1) is 42.5 Å². The Bertz CT molecular complexity index is 969. The van der Waals surface area contributed by atoms with Gasteiger partial charge in [-0.15, -0.1) is 0 Å². The summed E-state index contributed by atoms with van der Waals surface area (Å²) in [6.45, 7) is 8.56. The molecule has 148 valence electrons. The fraction of sp³-hybridized carbons (Fsp3) is 0.500. The van der Waals surface area contributed by atoms with Crippen LogP contribution in [0.25, 0.3) is 10.9 Å². The molecule has 1 N–H and O–H groups in total. The van der Waals surface area contributed by atoms with E-state index < -0.39 is 5.60 Å². The van der Waals surface area contributed by atoms with Crippen molar-refractivity contribution >= 4 is 23.2 Å². The van der Waals surface area contributed by atoms with E-state index in [1.165, 1.54) is 0 Å². The molecule has 1 aromatic carbocycles. The van der Waals surface area contributed by atoms with Gasteiger partial charge in [0.15, 0.2) is 0 Å². The highest BCUT2D eigenvalue weighted by molar-refractivity contribution is 5.98. The number of hydrogen-bond acceptors (Lipinski definition) is 5. The minimum absolute atomic E-state index is 0.0559. The number of benzene rings is 1. The Morgan fingerprint density at radius 2 is 2.25 bits per heavy atom. The average molecular weight is 382 g/mol. The lowest BCUT2D eigenvalue weighted by molar-refractivity contribution is -0.160. The zero-order valence-electron chi connectivity index (χ0n) is 16.8. The molecule has 0 saturated heterocycles. The van der Waals surface area contributed by atoms with Crippen LogP contribution in [0.3, 0.4) is 0 Å². The molecule has 0 bridgehead atoms. The third-order valence-electron chi connectivity index (χ3n) is 5.98. The highest BCUT2D eigenvalue weighted by Gasteiger charge is 2.46.